The van der Waals surface area contributed by atoms with E-state index in [0.29, 0.717) is 5.92 Å². The van der Waals surface area contributed by atoms with Crippen LogP contribution in [0.2, 0.25) is 5.02 Å². The molecule has 0 spiro atoms. The van der Waals surface area contributed by atoms with Crippen LogP contribution in [0.1, 0.15) is 49.9 Å². The summed E-state index contributed by atoms with van der Waals surface area (Å²) in [6, 6.07) is 6.31. The van der Waals surface area contributed by atoms with Crippen molar-refractivity contribution in [2.24, 2.45) is 16.6 Å². The third-order valence-electron chi connectivity index (χ3n) is 7.08. The maximum Gasteiger partial charge on any atom is 0.0723 e. The summed E-state index contributed by atoms with van der Waals surface area (Å²) >= 11 is 6.65. The van der Waals surface area contributed by atoms with Gasteiger partial charge in [0.25, 0.3) is 0 Å². The highest BCUT2D eigenvalue weighted by atomic mass is 35.5. The highest BCUT2D eigenvalue weighted by molar-refractivity contribution is 6.36. The quantitative estimate of drug-likeness (QED) is 0.434. The Labute approximate surface area is 229 Å². The van der Waals surface area contributed by atoms with E-state index in [1.165, 1.54) is 35.9 Å². The first-order valence-electron chi connectivity index (χ1n) is 13.4. The summed E-state index contributed by atoms with van der Waals surface area (Å²) in [7, 11) is 3.33. The molecule has 37 heavy (non-hydrogen) atoms. The fraction of sp³-hybridized carbons (Fsp3) is 0.484. The molecule has 0 saturated carbocycles. The molecule has 0 radical (unpaired) electrons. The van der Waals surface area contributed by atoms with Gasteiger partial charge in [0.05, 0.1) is 10.5 Å². The Morgan fingerprint density at radius 2 is 1.95 bits per heavy atom. The second kappa shape index (κ2) is 15.6. The molecular formula is C31H46ClN5. The smallest absolute Gasteiger partial charge is 0.0723 e. The lowest BCUT2D eigenvalue weighted by Crippen LogP contribution is -2.43. The van der Waals surface area contributed by atoms with Crippen molar-refractivity contribution in [3.8, 4) is 0 Å². The number of piperazine rings is 1. The number of allylic oxidation sites excluding steroid dienone is 3. The molecule has 2 aromatic rings. The third-order valence-corrected chi connectivity index (χ3v) is 7.51. The van der Waals surface area contributed by atoms with Crippen molar-refractivity contribution in [2.75, 3.05) is 40.3 Å². The number of aromatic nitrogens is 1. The molecule has 6 heteroatoms. The first-order chi connectivity index (χ1) is 17.9. The van der Waals surface area contributed by atoms with Crippen molar-refractivity contribution in [3.63, 3.8) is 0 Å². The molecule has 0 bridgehead atoms. The maximum absolute atomic E-state index is 6.65. The fourth-order valence-electron chi connectivity index (χ4n) is 5.02. The highest BCUT2D eigenvalue weighted by Crippen LogP contribution is 2.36. The molecule has 1 fully saturated rings. The topological polar surface area (TPSA) is 57.8 Å². The van der Waals surface area contributed by atoms with Gasteiger partial charge in [0, 0.05) is 56.2 Å². The van der Waals surface area contributed by atoms with Gasteiger partial charge in [0.2, 0.25) is 0 Å². The van der Waals surface area contributed by atoms with Gasteiger partial charge < -0.3 is 15.5 Å². The van der Waals surface area contributed by atoms with Gasteiger partial charge in [-0.05, 0) is 81.5 Å². The molecule has 1 aromatic heterocycles. The van der Waals surface area contributed by atoms with Crippen molar-refractivity contribution < 1.29 is 0 Å². The summed E-state index contributed by atoms with van der Waals surface area (Å²) in [5.41, 5.74) is 11.7. The van der Waals surface area contributed by atoms with Crippen molar-refractivity contribution in [1.82, 2.24) is 14.8 Å². The minimum atomic E-state index is 0.493. The van der Waals surface area contributed by atoms with Gasteiger partial charge in [-0.15, -0.1) is 0 Å². The first-order valence-corrected chi connectivity index (χ1v) is 13.8. The van der Waals surface area contributed by atoms with Crippen LogP contribution >= 0.6 is 11.6 Å². The number of aryl methyl sites for hydroxylation is 1. The molecule has 1 aromatic carbocycles. The average molecular weight is 524 g/mol. The van der Waals surface area contributed by atoms with E-state index >= 15 is 0 Å². The number of nitrogens with two attached hydrogens (primary N) is 1. The Morgan fingerprint density at radius 3 is 2.54 bits per heavy atom. The van der Waals surface area contributed by atoms with Crippen molar-refractivity contribution >= 4 is 28.7 Å². The minimum Gasteiger partial charge on any atom is -0.374 e. The predicted octanol–water partition coefficient (Wildman–Crippen LogP) is 6.58. The SMILES string of the molecule is C/C=C(\C=NC)C1CCc2c(nc3cc(C)ccc3c2Cl)C1.C=CN1CCN(C(=C)CCC)CC1.CN. The van der Waals surface area contributed by atoms with Gasteiger partial charge in [-0.3, -0.25) is 9.98 Å². The van der Waals surface area contributed by atoms with Crippen molar-refractivity contribution in [2.45, 2.75) is 52.9 Å². The van der Waals surface area contributed by atoms with Crippen LogP contribution in [0.25, 0.3) is 10.9 Å². The Bertz CT molecular complexity index is 1100. The van der Waals surface area contributed by atoms with Crippen LogP contribution in [-0.2, 0) is 12.8 Å². The number of fused-ring (bicyclic) bond motifs is 2. The van der Waals surface area contributed by atoms with E-state index in [-0.39, 0.29) is 0 Å². The molecule has 0 amide bonds. The van der Waals surface area contributed by atoms with Crippen LogP contribution in [0.5, 0.6) is 0 Å². The molecule has 1 aliphatic carbocycles. The van der Waals surface area contributed by atoms with Gasteiger partial charge in [0.1, 0.15) is 0 Å². The molecule has 2 N–H and O–H groups in total. The summed E-state index contributed by atoms with van der Waals surface area (Å²) in [5.74, 6) is 0.493. The summed E-state index contributed by atoms with van der Waals surface area (Å²) < 4.78 is 0. The number of hydrogen-bond donors (Lipinski definition) is 1. The van der Waals surface area contributed by atoms with Gasteiger partial charge in [-0.1, -0.05) is 56.3 Å². The molecule has 1 unspecified atom stereocenters. The molecule has 2 aliphatic rings. The lowest BCUT2D eigenvalue weighted by Gasteiger charge is -2.36. The summed E-state index contributed by atoms with van der Waals surface area (Å²) in [6.45, 7) is 18.6. The average Bonchev–Trinajstić information content (AvgIpc) is 2.93. The van der Waals surface area contributed by atoms with E-state index in [1.54, 1.807) is 0 Å². The lowest BCUT2D eigenvalue weighted by atomic mass is 9.82. The molecule has 2 heterocycles. The van der Waals surface area contributed by atoms with Crippen LogP contribution in [0, 0.1) is 12.8 Å². The van der Waals surface area contributed by atoms with E-state index in [9.17, 15) is 0 Å². The largest absolute Gasteiger partial charge is 0.374 e. The number of aliphatic imine (C=N–C) groups is 1. The normalized spacial score (nSPS) is 17.5. The molecular weight excluding hydrogens is 478 g/mol. The Morgan fingerprint density at radius 1 is 1.24 bits per heavy atom. The summed E-state index contributed by atoms with van der Waals surface area (Å²) in [6.07, 6.45) is 11.4. The molecule has 1 aliphatic heterocycles. The fourth-order valence-corrected chi connectivity index (χ4v) is 5.38. The van der Waals surface area contributed by atoms with E-state index in [1.807, 2.05) is 19.5 Å². The van der Waals surface area contributed by atoms with Crippen LogP contribution in [0.4, 0.5) is 0 Å². The number of rotatable bonds is 6. The Balaban J connectivity index is 0.000000275. The number of benzene rings is 1. The second-order valence-electron chi connectivity index (χ2n) is 9.51. The summed E-state index contributed by atoms with van der Waals surface area (Å²) in [5, 5.41) is 1.97. The number of halogens is 1. The molecule has 1 saturated heterocycles. The van der Waals surface area contributed by atoms with Crippen LogP contribution in [0.3, 0.4) is 0 Å². The standard InChI is InChI=1S/C19H21ClN2.C11H20N2.CH5N/c1-4-13(11-21-3)14-6-8-16-18(10-14)22-17-9-12(2)5-7-15(17)19(16)20;1-4-6-11(3)13-9-7-12(5-2)8-10-13;1-2/h4-5,7,9,11,14H,6,8,10H2,1-3H3;5H,2-4,6-10H2,1H3;2H2,1H3/b13-4+,21-11?;;. The van der Waals surface area contributed by atoms with E-state index < -0.39 is 0 Å². The number of pyridine rings is 1. The first kappa shape index (κ1) is 30.6. The molecule has 4 rings (SSSR count). The predicted molar refractivity (Wildman–Crippen MR) is 163 cm³/mol. The molecule has 1 atom stereocenters. The zero-order valence-electron chi connectivity index (χ0n) is 23.6. The van der Waals surface area contributed by atoms with Gasteiger partial charge in [-0.25, -0.2) is 0 Å². The van der Waals surface area contributed by atoms with Crippen molar-refractivity contribution in [1.29, 1.82) is 0 Å². The minimum absolute atomic E-state index is 0.493. The maximum atomic E-state index is 6.65. The van der Waals surface area contributed by atoms with Crippen LogP contribution < -0.4 is 5.73 Å². The molecule has 5 nitrogen and oxygen atoms in total. The van der Waals surface area contributed by atoms with Crippen molar-refractivity contribution in [3.05, 3.63) is 76.7 Å². The Kier molecular flexibility index (Phi) is 12.9. The second-order valence-corrected chi connectivity index (χ2v) is 9.89. The highest BCUT2D eigenvalue weighted by Gasteiger charge is 2.25. The van der Waals surface area contributed by atoms with Gasteiger partial charge in [0.15, 0.2) is 0 Å². The third kappa shape index (κ3) is 8.18. The van der Waals surface area contributed by atoms with E-state index in [0.717, 1.165) is 73.5 Å². The monoisotopic (exact) mass is 523 g/mol. The van der Waals surface area contributed by atoms with Gasteiger partial charge in [-0.2, -0.15) is 0 Å². The molecule has 202 valence electrons. The van der Waals surface area contributed by atoms with Crippen LogP contribution in [0.15, 0.2) is 59.9 Å². The van der Waals surface area contributed by atoms with E-state index in [4.69, 9.17) is 16.6 Å². The van der Waals surface area contributed by atoms with Crippen LogP contribution in [-0.4, -0.2) is 61.3 Å². The Hall–Kier alpha value is -2.63. The zero-order valence-corrected chi connectivity index (χ0v) is 24.3. The summed E-state index contributed by atoms with van der Waals surface area (Å²) in [4.78, 5) is 13.7. The lowest BCUT2D eigenvalue weighted by molar-refractivity contribution is 0.201. The number of nitrogens with zero attached hydrogens (tertiary/aromatic N) is 4. The zero-order chi connectivity index (χ0) is 27.4. The van der Waals surface area contributed by atoms with Gasteiger partial charge >= 0.3 is 0 Å². The van der Waals surface area contributed by atoms with E-state index in [2.05, 4.69) is 78.7 Å². The number of hydrogen-bond acceptors (Lipinski definition) is 5.